The molecule has 9 heteroatoms. The van der Waals surface area contributed by atoms with Gasteiger partial charge in [0.05, 0.1) is 12.2 Å². The predicted octanol–water partition coefficient (Wildman–Crippen LogP) is 1.22. The first kappa shape index (κ1) is 19.3. The average Bonchev–Trinajstić information content (AvgIpc) is 3.55. The molecule has 2 aromatic carbocycles. The Bertz CT molecular complexity index is 1000. The molecule has 0 bridgehead atoms. The van der Waals surface area contributed by atoms with E-state index in [2.05, 4.69) is 26.3 Å². The molecule has 0 aliphatic heterocycles. The van der Waals surface area contributed by atoms with Gasteiger partial charge in [-0.05, 0) is 25.0 Å². The first-order valence-corrected chi connectivity index (χ1v) is 9.56. The Morgan fingerprint density at radius 3 is 2.27 bits per heavy atom. The van der Waals surface area contributed by atoms with Crippen molar-refractivity contribution in [3.05, 3.63) is 66.5 Å². The number of carbonyl (C=O) groups is 3. The van der Waals surface area contributed by atoms with Crippen LogP contribution in [0.1, 0.15) is 23.5 Å². The Labute approximate surface area is 172 Å². The van der Waals surface area contributed by atoms with E-state index >= 15 is 0 Å². The highest BCUT2D eigenvalue weighted by Crippen LogP contribution is 2.28. The second-order valence-corrected chi connectivity index (χ2v) is 6.87. The van der Waals surface area contributed by atoms with E-state index in [0.29, 0.717) is 5.82 Å². The van der Waals surface area contributed by atoms with Crippen LogP contribution in [0.3, 0.4) is 0 Å². The van der Waals surface area contributed by atoms with Gasteiger partial charge in [-0.2, -0.15) is 0 Å². The van der Waals surface area contributed by atoms with Crippen molar-refractivity contribution in [3.8, 4) is 17.1 Å². The Balaban J connectivity index is 1.47. The van der Waals surface area contributed by atoms with Crippen LogP contribution in [0.2, 0.25) is 0 Å². The normalized spacial score (nSPS) is 12.8. The van der Waals surface area contributed by atoms with E-state index in [1.54, 1.807) is 4.68 Å². The lowest BCUT2D eigenvalue weighted by atomic mass is 10.2. The second kappa shape index (κ2) is 8.56. The van der Waals surface area contributed by atoms with Crippen LogP contribution in [-0.2, 0) is 9.59 Å². The number of carbonyl (C=O) groups excluding carboxylic acids is 3. The highest BCUT2D eigenvalue weighted by atomic mass is 16.2. The molecule has 3 aromatic rings. The average molecular weight is 404 g/mol. The summed E-state index contributed by atoms with van der Waals surface area (Å²) in [5, 5.41) is 6.84. The zero-order valence-corrected chi connectivity index (χ0v) is 16.0. The van der Waals surface area contributed by atoms with Crippen molar-refractivity contribution in [2.24, 2.45) is 5.92 Å². The van der Waals surface area contributed by atoms with Crippen LogP contribution in [-0.4, -0.2) is 39.0 Å². The summed E-state index contributed by atoms with van der Waals surface area (Å²) in [5.41, 5.74) is 6.08. The number of nitrogens with one attached hydrogen (secondary N) is 3. The van der Waals surface area contributed by atoms with Gasteiger partial charge in [-0.25, -0.2) is 9.67 Å². The summed E-state index contributed by atoms with van der Waals surface area (Å²) in [6.07, 6.45) is 1.70. The largest absolute Gasteiger partial charge is 0.347 e. The Morgan fingerprint density at radius 1 is 0.933 bits per heavy atom. The molecule has 0 saturated heterocycles. The summed E-state index contributed by atoms with van der Waals surface area (Å²) >= 11 is 0. The number of aromatic nitrogens is 3. The zero-order chi connectivity index (χ0) is 20.9. The summed E-state index contributed by atoms with van der Waals surface area (Å²) in [6, 6.07) is 18.7. The number of rotatable bonds is 6. The third-order valence-electron chi connectivity index (χ3n) is 4.53. The molecule has 0 atom stereocenters. The van der Waals surface area contributed by atoms with Gasteiger partial charge in [-0.1, -0.05) is 48.5 Å². The summed E-state index contributed by atoms with van der Waals surface area (Å²) in [7, 11) is 0. The monoisotopic (exact) mass is 404 g/mol. The van der Waals surface area contributed by atoms with Crippen LogP contribution in [0.5, 0.6) is 0 Å². The van der Waals surface area contributed by atoms with Crippen molar-refractivity contribution in [1.82, 2.24) is 30.9 Å². The van der Waals surface area contributed by atoms with Gasteiger partial charge in [0.1, 0.15) is 0 Å². The maximum Gasteiger partial charge on any atom is 0.309 e. The smallest absolute Gasteiger partial charge is 0.309 e. The molecule has 1 aliphatic rings. The summed E-state index contributed by atoms with van der Waals surface area (Å²) < 4.78 is 1.57. The Hall–Kier alpha value is -4.01. The van der Waals surface area contributed by atoms with Crippen LogP contribution in [0.25, 0.3) is 17.1 Å². The minimum atomic E-state index is -0.663. The van der Waals surface area contributed by atoms with Gasteiger partial charge in [0.25, 0.3) is 5.91 Å². The topological polar surface area (TPSA) is 118 Å². The molecule has 1 aliphatic carbocycles. The number of para-hydroxylation sites is 1. The van der Waals surface area contributed by atoms with Gasteiger partial charge in [0.15, 0.2) is 5.82 Å². The van der Waals surface area contributed by atoms with Crippen LogP contribution in [0, 0.1) is 5.92 Å². The maximum absolute atomic E-state index is 12.5. The van der Waals surface area contributed by atoms with E-state index in [9.17, 15) is 14.4 Å². The SMILES string of the molecule is O=C(CNC(=O)C1CC1)NNC(=O)c1nc(-c2ccccc2)n(-c2ccccc2)n1. The maximum atomic E-state index is 12.5. The highest BCUT2D eigenvalue weighted by Gasteiger charge is 2.29. The van der Waals surface area contributed by atoms with Crippen LogP contribution < -0.4 is 16.2 Å². The standard InChI is InChI=1S/C21H20N6O3/c28-17(13-22-20(29)15-11-12-15)24-25-21(30)18-23-19(14-7-3-1-4-8-14)27(26-18)16-9-5-2-6-10-16/h1-10,15H,11-13H2,(H,22,29)(H,24,28)(H,25,30). The second-order valence-electron chi connectivity index (χ2n) is 6.87. The Morgan fingerprint density at radius 2 is 1.60 bits per heavy atom. The Kier molecular flexibility index (Phi) is 5.51. The van der Waals surface area contributed by atoms with Gasteiger partial charge < -0.3 is 5.32 Å². The predicted molar refractivity (Wildman–Crippen MR) is 108 cm³/mol. The van der Waals surface area contributed by atoms with Crippen molar-refractivity contribution in [2.45, 2.75) is 12.8 Å². The van der Waals surface area contributed by atoms with E-state index in [4.69, 9.17) is 0 Å². The molecule has 30 heavy (non-hydrogen) atoms. The van der Waals surface area contributed by atoms with Crippen molar-refractivity contribution >= 4 is 17.7 Å². The molecule has 9 nitrogen and oxygen atoms in total. The quantitative estimate of drug-likeness (QED) is 0.534. The summed E-state index contributed by atoms with van der Waals surface area (Å²) in [6.45, 7) is -0.212. The number of nitrogens with zero attached hydrogens (tertiary/aromatic N) is 3. The van der Waals surface area contributed by atoms with E-state index < -0.39 is 11.8 Å². The fraction of sp³-hybridized carbons (Fsp3) is 0.190. The minimum Gasteiger partial charge on any atom is -0.347 e. The highest BCUT2D eigenvalue weighted by molar-refractivity contribution is 5.93. The molecule has 0 unspecified atom stereocenters. The lowest BCUT2D eigenvalue weighted by Gasteiger charge is -2.06. The zero-order valence-electron chi connectivity index (χ0n) is 16.0. The lowest BCUT2D eigenvalue weighted by molar-refractivity contribution is -0.127. The van der Waals surface area contributed by atoms with Crippen molar-refractivity contribution in [3.63, 3.8) is 0 Å². The molecular formula is C21H20N6O3. The van der Waals surface area contributed by atoms with Gasteiger partial charge in [-0.15, -0.1) is 5.10 Å². The number of hydrogen-bond acceptors (Lipinski definition) is 5. The van der Waals surface area contributed by atoms with Crippen molar-refractivity contribution in [2.75, 3.05) is 6.54 Å². The summed E-state index contributed by atoms with van der Waals surface area (Å²) in [5.74, 6) is -0.941. The van der Waals surface area contributed by atoms with Gasteiger partial charge in [0.2, 0.25) is 11.7 Å². The third-order valence-corrected chi connectivity index (χ3v) is 4.53. The molecule has 1 heterocycles. The fourth-order valence-corrected chi connectivity index (χ4v) is 2.82. The summed E-state index contributed by atoms with van der Waals surface area (Å²) in [4.78, 5) is 40.3. The van der Waals surface area contributed by atoms with Crippen LogP contribution >= 0.6 is 0 Å². The number of amides is 3. The van der Waals surface area contributed by atoms with E-state index in [-0.39, 0.29) is 24.2 Å². The van der Waals surface area contributed by atoms with Crippen LogP contribution in [0.15, 0.2) is 60.7 Å². The van der Waals surface area contributed by atoms with E-state index in [1.165, 1.54) is 0 Å². The molecule has 0 radical (unpaired) electrons. The van der Waals surface area contributed by atoms with Gasteiger partial charge in [-0.3, -0.25) is 25.2 Å². The van der Waals surface area contributed by atoms with E-state index in [1.807, 2.05) is 60.7 Å². The lowest BCUT2D eigenvalue weighted by Crippen LogP contribution is -2.46. The molecule has 3 amide bonds. The number of hydrogen-bond donors (Lipinski definition) is 3. The number of benzene rings is 2. The van der Waals surface area contributed by atoms with Gasteiger partial charge in [0, 0.05) is 11.5 Å². The molecule has 3 N–H and O–H groups in total. The molecular weight excluding hydrogens is 384 g/mol. The molecule has 4 rings (SSSR count). The molecule has 152 valence electrons. The van der Waals surface area contributed by atoms with Crippen LogP contribution in [0.4, 0.5) is 0 Å². The molecule has 1 aromatic heterocycles. The van der Waals surface area contributed by atoms with Gasteiger partial charge >= 0.3 is 5.91 Å². The molecule has 1 saturated carbocycles. The van der Waals surface area contributed by atoms with Crippen molar-refractivity contribution < 1.29 is 14.4 Å². The first-order valence-electron chi connectivity index (χ1n) is 9.56. The number of hydrazine groups is 1. The minimum absolute atomic E-state index is 0.00921. The third kappa shape index (κ3) is 4.52. The molecule has 1 fully saturated rings. The first-order chi connectivity index (χ1) is 14.6. The van der Waals surface area contributed by atoms with E-state index in [0.717, 1.165) is 24.1 Å². The van der Waals surface area contributed by atoms with Crippen molar-refractivity contribution in [1.29, 1.82) is 0 Å². The molecule has 0 spiro atoms. The fourth-order valence-electron chi connectivity index (χ4n) is 2.82.